The summed E-state index contributed by atoms with van der Waals surface area (Å²) in [7, 11) is 0. The van der Waals surface area contributed by atoms with Crippen molar-refractivity contribution in [2.24, 2.45) is 11.8 Å². The molecule has 2 aliphatic heterocycles. The number of carbonyl (C=O) groups is 1. The number of nitrogens with zero attached hydrogens (tertiary/aromatic N) is 2. The van der Waals surface area contributed by atoms with Gasteiger partial charge in [-0.3, -0.25) is 4.79 Å². The van der Waals surface area contributed by atoms with Crippen molar-refractivity contribution in [2.45, 2.75) is 19.9 Å². The van der Waals surface area contributed by atoms with Crippen LogP contribution in [-0.2, 0) is 6.54 Å². The molecule has 0 radical (unpaired) electrons. The Morgan fingerprint density at radius 1 is 1.47 bits per heavy atom. The van der Waals surface area contributed by atoms with Crippen LogP contribution < -0.4 is 5.32 Å². The Hall–Kier alpha value is -0.810. The number of likely N-dealkylation sites (tertiary alicyclic amines) is 1. The first kappa shape index (κ1) is 13.2. The lowest BCUT2D eigenvalue weighted by molar-refractivity contribution is 0.0632. The van der Waals surface area contributed by atoms with E-state index < -0.39 is 0 Å². The molecule has 0 bridgehead atoms. The lowest BCUT2D eigenvalue weighted by atomic mass is 9.88. The van der Waals surface area contributed by atoms with Gasteiger partial charge in [-0.2, -0.15) is 0 Å². The normalized spacial score (nSPS) is 26.5. The van der Waals surface area contributed by atoms with E-state index in [0.717, 1.165) is 55.2 Å². The fourth-order valence-corrected chi connectivity index (χ4v) is 3.76. The summed E-state index contributed by atoms with van der Waals surface area (Å²) in [6, 6.07) is 1.94. The third-order valence-electron chi connectivity index (χ3n) is 4.41. The van der Waals surface area contributed by atoms with E-state index in [2.05, 4.69) is 28.2 Å². The molecule has 1 N–H and O–H groups in total. The quantitative estimate of drug-likeness (QED) is 0.902. The summed E-state index contributed by atoms with van der Waals surface area (Å²) in [5.41, 5.74) is 0.804. The molecule has 2 fully saturated rings. The molecule has 1 amide bonds. The maximum atomic E-state index is 12.6. The van der Waals surface area contributed by atoms with Crippen LogP contribution in [0.25, 0.3) is 0 Å². The number of piperidine rings is 1. The van der Waals surface area contributed by atoms with E-state index in [1.54, 1.807) is 0 Å². The molecule has 0 aliphatic carbocycles. The van der Waals surface area contributed by atoms with E-state index in [4.69, 9.17) is 0 Å². The third kappa shape index (κ3) is 2.46. The van der Waals surface area contributed by atoms with E-state index in [1.165, 1.54) is 0 Å². The predicted octanol–water partition coefficient (Wildman–Crippen LogP) is 1.95. The number of carbonyl (C=O) groups excluding carboxylic acids is 1. The molecule has 2 aliphatic rings. The van der Waals surface area contributed by atoms with Gasteiger partial charge in [-0.25, -0.2) is 0 Å². The molecule has 0 spiro atoms. The largest absolute Gasteiger partial charge is 0.343 e. The topological polar surface area (TPSA) is 37.3 Å². The first-order valence-corrected chi connectivity index (χ1v) is 7.84. The number of hydrogen-bond acceptors (Lipinski definition) is 2. The monoisotopic (exact) mass is 325 g/mol. The smallest absolute Gasteiger partial charge is 0.270 e. The van der Waals surface area contributed by atoms with Crippen molar-refractivity contribution in [2.75, 3.05) is 26.2 Å². The van der Waals surface area contributed by atoms with Crippen LogP contribution in [0.2, 0.25) is 0 Å². The summed E-state index contributed by atoms with van der Waals surface area (Å²) < 4.78 is 3.00. The van der Waals surface area contributed by atoms with Crippen LogP contribution in [0.5, 0.6) is 0 Å². The van der Waals surface area contributed by atoms with Gasteiger partial charge in [0.1, 0.15) is 5.69 Å². The highest BCUT2D eigenvalue weighted by Crippen LogP contribution is 2.28. The maximum Gasteiger partial charge on any atom is 0.270 e. The molecule has 1 aromatic heterocycles. The molecule has 0 aromatic carbocycles. The Morgan fingerprint density at radius 3 is 3.05 bits per heavy atom. The van der Waals surface area contributed by atoms with Crippen LogP contribution in [-0.4, -0.2) is 41.6 Å². The van der Waals surface area contributed by atoms with Gasteiger partial charge in [0, 0.05) is 30.3 Å². The highest BCUT2D eigenvalue weighted by molar-refractivity contribution is 9.10. The fraction of sp³-hybridized carbons (Fsp3) is 0.643. The summed E-state index contributed by atoms with van der Waals surface area (Å²) in [5.74, 6) is 1.60. The average molecular weight is 326 g/mol. The summed E-state index contributed by atoms with van der Waals surface area (Å²) in [6.45, 7) is 6.89. The van der Waals surface area contributed by atoms with Crippen LogP contribution in [0.1, 0.15) is 23.8 Å². The zero-order valence-electron chi connectivity index (χ0n) is 11.2. The molecule has 5 heteroatoms. The number of amides is 1. The van der Waals surface area contributed by atoms with Crippen LogP contribution >= 0.6 is 15.9 Å². The van der Waals surface area contributed by atoms with Crippen LogP contribution in [0.15, 0.2) is 16.7 Å². The van der Waals surface area contributed by atoms with Gasteiger partial charge in [0.25, 0.3) is 5.91 Å². The molecular formula is C14H20BrN3O. The van der Waals surface area contributed by atoms with Gasteiger partial charge in [-0.15, -0.1) is 0 Å². The maximum absolute atomic E-state index is 12.6. The minimum absolute atomic E-state index is 0.179. The van der Waals surface area contributed by atoms with E-state index in [0.29, 0.717) is 5.92 Å². The van der Waals surface area contributed by atoms with Crippen molar-refractivity contribution in [3.05, 3.63) is 22.4 Å². The van der Waals surface area contributed by atoms with E-state index in [1.807, 2.05) is 21.7 Å². The predicted molar refractivity (Wildman–Crippen MR) is 78.2 cm³/mol. The minimum Gasteiger partial charge on any atom is -0.343 e. The molecule has 2 atom stereocenters. The highest BCUT2D eigenvalue weighted by atomic mass is 79.9. The third-order valence-corrected chi connectivity index (χ3v) is 4.85. The molecule has 4 nitrogen and oxygen atoms in total. The zero-order valence-corrected chi connectivity index (χ0v) is 12.8. The SMILES string of the molecule is CCn1cc(Br)cc1C(=O)N1CCC2CNCC2C1. The van der Waals surface area contributed by atoms with Crippen LogP contribution in [0.3, 0.4) is 0 Å². The number of hydrogen-bond donors (Lipinski definition) is 1. The number of fused-ring (bicyclic) bond motifs is 1. The van der Waals surface area contributed by atoms with Crippen molar-refractivity contribution in [1.82, 2.24) is 14.8 Å². The van der Waals surface area contributed by atoms with E-state index in [9.17, 15) is 4.79 Å². The van der Waals surface area contributed by atoms with Crippen molar-refractivity contribution >= 4 is 21.8 Å². The Bertz CT molecular complexity index is 485. The Morgan fingerprint density at radius 2 is 2.26 bits per heavy atom. The average Bonchev–Trinajstić information content (AvgIpc) is 3.02. The first-order valence-electron chi connectivity index (χ1n) is 7.04. The molecular weight excluding hydrogens is 306 g/mol. The lowest BCUT2D eigenvalue weighted by Gasteiger charge is -2.34. The number of rotatable bonds is 2. The number of aryl methyl sites for hydroxylation is 1. The first-order chi connectivity index (χ1) is 9.19. The van der Waals surface area contributed by atoms with Gasteiger partial charge in [0.05, 0.1) is 0 Å². The van der Waals surface area contributed by atoms with Crippen LogP contribution in [0.4, 0.5) is 0 Å². The Labute approximate surface area is 122 Å². The second kappa shape index (κ2) is 5.29. The van der Waals surface area contributed by atoms with Gasteiger partial charge in [0.15, 0.2) is 0 Å². The molecule has 1 aromatic rings. The highest BCUT2D eigenvalue weighted by Gasteiger charge is 2.35. The number of nitrogens with one attached hydrogen (secondary N) is 1. The molecule has 104 valence electrons. The lowest BCUT2D eigenvalue weighted by Crippen LogP contribution is -2.44. The van der Waals surface area contributed by atoms with Gasteiger partial charge in [0.2, 0.25) is 0 Å². The van der Waals surface area contributed by atoms with Crippen LogP contribution in [0, 0.1) is 11.8 Å². The minimum atomic E-state index is 0.179. The molecule has 2 unspecified atom stereocenters. The summed E-state index contributed by atoms with van der Waals surface area (Å²) in [4.78, 5) is 14.7. The van der Waals surface area contributed by atoms with Crippen molar-refractivity contribution < 1.29 is 4.79 Å². The Balaban J connectivity index is 1.76. The van der Waals surface area contributed by atoms with Gasteiger partial charge in [-0.1, -0.05) is 0 Å². The van der Waals surface area contributed by atoms with E-state index in [-0.39, 0.29) is 5.91 Å². The van der Waals surface area contributed by atoms with E-state index >= 15 is 0 Å². The van der Waals surface area contributed by atoms with Crippen molar-refractivity contribution in [3.63, 3.8) is 0 Å². The van der Waals surface area contributed by atoms with Crippen molar-refractivity contribution in [3.8, 4) is 0 Å². The van der Waals surface area contributed by atoms with Crippen molar-refractivity contribution in [1.29, 1.82) is 0 Å². The second-order valence-corrected chi connectivity index (χ2v) is 6.46. The van der Waals surface area contributed by atoms with Gasteiger partial charge < -0.3 is 14.8 Å². The number of aromatic nitrogens is 1. The number of halogens is 1. The molecule has 0 saturated carbocycles. The Kier molecular flexibility index (Phi) is 3.67. The summed E-state index contributed by atoms with van der Waals surface area (Å²) in [6.07, 6.45) is 3.12. The second-order valence-electron chi connectivity index (χ2n) is 5.55. The molecule has 3 heterocycles. The standard InChI is InChI=1S/C14H20BrN3O/c1-2-17-9-12(15)5-13(17)14(19)18-4-3-10-6-16-7-11(10)8-18/h5,9-11,16H,2-4,6-8H2,1H3. The molecule has 2 saturated heterocycles. The summed E-state index contributed by atoms with van der Waals surface area (Å²) in [5, 5.41) is 3.44. The zero-order chi connectivity index (χ0) is 13.4. The fourth-order valence-electron chi connectivity index (χ4n) is 3.30. The molecule has 3 rings (SSSR count). The summed E-state index contributed by atoms with van der Waals surface area (Å²) >= 11 is 3.46. The van der Waals surface area contributed by atoms with Gasteiger partial charge in [-0.05, 0) is 60.3 Å². The molecule has 19 heavy (non-hydrogen) atoms. The van der Waals surface area contributed by atoms with Gasteiger partial charge >= 0.3 is 0 Å².